The number of anilines is 1. The van der Waals surface area contributed by atoms with Gasteiger partial charge in [-0.25, -0.2) is 0 Å². The van der Waals surface area contributed by atoms with Crippen LogP contribution >= 0.6 is 11.8 Å². The first-order valence-electron chi connectivity index (χ1n) is 6.04. The lowest BCUT2D eigenvalue weighted by Crippen LogP contribution is -2.34. The average molecular weight is 234 g/mol. The molecule has 2 aliphatic rings. The molecule has 2 nitrogen and oxygen atoms in total. The topological polar surface area (TPSA) is 29.3 Å². The van der Waals surface area contributed by atoms with Crippen LogP contribution in [-0.2, 0) is 12.8 Å². The molecule has 0 saturated heterocycles. The van der Waals surface area contributed by atoms with Gasteiger partial charge in [0.05, 0.1) is 0 Å². The Hall–Kier alpha value is -0.670. The molecule has 1 aromatic carbocycles. The Kier molecular flexibility index (Phi) is 2.60. The number of thioether (sulfide) groups is 1. The van der Waals surface area contributed by atoms with Gasteiger partial charge in [0.1, 0.15) is 0 Å². The minimum Gasteiger partial charge on any atom is -0.369 e. The molecule has 1 aromatic rings. The summed E-state index contributed by atoms with van der Waals surface area (Å²) in [6.07, 6.45) is 2.43. The summed E-state index contributed by atoms with van der Waals surface area (Å²) in [5.74, 6) is 1.25. The summed E-state index contributed by atoms with van der Waals surface area (Å²) < 4.78 is 0. The maximum absolute atomic E-state index is 5.93. The van der Waals surface area contributed by atoms with E-state index in [-0.39, 0.29) is 6.04 Å². The molecule has 0 radical (unpaired) electrons. The van der Waals surface area contributed by atoms with E-state index in [9.17, 15) is 0 Å². The van der Waals surface area contributed by atoms with Gasteiger partial charge in [-0.3, -0.25) is 0 Å². The minimum atomic E-state index is 0.260. The first-order valence-corrected chi connectivity index (χ1v) is 7.02. The molecule has 0 aliphatic carbocycles. The fourth-order valence-electron chi connectivity index (χ4n) is 2.80. The number of nitrogens with two attached hydrogens (primary N) is 1. The highest BCUT2D eigenvalue weighted by atomic mass is 32.2. The van der Waals surface area contributed by atoms with Crippen molar-refractivity contribution in [1.82, 2.24) is 0 Å². The predicted molar refractivity (Wildman–Crippen MR) is 70.4 cm³/mol. The zero-order chi connectivity index (χ0) is 11.1. The summed E-state index contributed by atoms with van der Waals surface area (Å²) in [5.41, 5.74) is 10.6. The molecule has 0 fully saturated rings. The molecule has 0 amide bonds. The molecule has 0 spiro atoms. The lowest BCUT2D eigenvalue weighted by atomic mass is 10.1. The quantitative estimate of drug-likeness (QED) is 0.849. The average Bonchev–Trinajstić information content (AvgIpc) is 2.82. The predicted octanol–water partition coefficient (Wildman–Crippen LogP) is 2.04. The monoisotopic (exact) mass is 234 g/mol. The highest BCUT2D eigenvalue weighted by Gasteiger charge is 2.26. The Morgan fingerprint density at radius 1 is 1.44 bits per heavy atom. The Balaban J connectivity index is 2.00. The molecule has 2 N–H and O–H groups in total. The van der Waals surface area contributed by atoms with E-state index >= 15 is 0 Å². The van der Waals surface area contributed by atoms with Gasteiger partial charge in [-0.2, -0.15) is 0 Å². The summed E-state index contributed by atoms with van der Waals surface area (Å²) in [4.78, 5) is 3.99. The maximum atomic E-state index is 5.93. The largest absolute Gasteiger partial charge is 0.369 e. The molecule has 3 rings (SSSR count). The zero-order valence-corrected chi connectivity index (χ0v) is 10.5. The van der Waals surface area contributed by atoms with Crippen LogP contribution in [0.25, 0.3) is 0 Å². The molecule has 0 unspecified atom stereocenters. The molecule has 1 atom stereocenters. The summed E-state index contributed by atoms with van der Waals surface area (Å²) in [6, 6.07) is 4.88. The van der Waals surface area contributed by atoms with Crippen LogP contribution in [0.5, 0.6) is 0 Å². The standard InChI is InChI=1S/C13H18N2S/c1-9(14)8-15-6-4-10-2-3-12-11(13(10)15)5-7-16-12/h2-3,9H,4-8,14H2,1H3/t9-/m0/s1. The second-order valence-electron chi connectivity index (χ2n) is 4.82. The van der Waals surface area contributed by atoms with Crippen LogP contribution in [0, 0.1) is 0 Å². The molecule has 0 bridgehead atoms. The summed E-state index contributed by atoms with van der Waals surface area (Å²) in [7, 11) is 0. The Labute approximate surface area is 101 Å². The normalized spacial score (nSPS) is 19.8. The zero-order valence-electron chi connectivity index (χ0n) is 9.70. The lowest BCUT2D eigenvalue weighted by Gasteiger charge is -2.23. The van der Waals surface area contributed by atoms with Crippen molar-refractivity contribution in [3.63, 3.8) is 0 Å². The number of fused-ring (bicyclic) bond motifs is 3. The molecular formula is C13H18N2S. The summed E-state index contributed by atoms with van der Waals surface area (Å²) >= 11 is 2.00. The van der Waals surface area contributed by atoms with Gasteiger partial charge >= 0.3 is 0 Å². The number of rotatable bonds is 2. The van der Waals surface area contributed by atoms with E-state index < -0.39 is 0 Å². The number of hydrogen-bond donors (Lipinski definition) is 1. The van der Waals surface area contributed by atoms with Crippen LogP contribution in [0.1, 0.15) is 18.1 Å². The molecule has 16 heavy (non-hydrogen) atoms. The van der Waals surface area contributed by atoms with Gasteiger partial charge in [0.15, 0.2) is 0 Å². The molecular weight excluding hydrogens is 216 g/mol. The molecule has 86 valence electrons. The second kappa shape index (κ2) is 3.97. The van der Waals surface area contributed by atoms with E-state index in [4.69, 9.17) is 5.73 Å². The van der Waals surface area contributed by atoms with E-state index in [1.165, 1.54) is 34.7 Å². The molecule has 3 heteroatoms. The van der Waals surface area contributed by atoms with Gasteiger partial charge in [-0.15, -0.1) is 11.8 Å². The second-order valence-corrected chi connectivity index (χ2v) is 5.96. The van der Waals surface area contributed by atoms with Gasteiger partial charge in [0.2, 0.25) is 0 Å². The van der Waals surface area contributed by atoms with Crippen molar-refractivity contribution in [1.29, 1.82) is 0 Å². The lowest BCUT2D eigenvalue weighted by molar-refractivity contribution is 0.692. The van der Waals surface area contributed by atoms with Gasteiger partial charge in [0, 0.05) is 35.5 Å². The van der Waals surface area contributed by atoms with E-state index in [2.05, 4.69) is 24.0 Å². The molecule has 0 saturated carbocycles. The van der Waals surface area contributed by atoms with E-state index in [0.29, 0.717) is 0 Å². The van der Waals surface area contributed by atoms with Crippen molar-refractivity contribution in [2.45, 2.75) is 30.7 Å². The van der Waals surface area contributed by atoms with E-state index in [0.717, 1.165) is 13.1 Å². The van der Waals surface area contributed by atoms with Crippen molar-refractivity contribution in [3.8, 4) is 0 Å². The van der Waals surface area contributed by atoms with Crippen molar-refractivity contribution in [2.24, 2.45) is 5.73 Å². The minimum absolute atomic E-state index is 0.260. The highest BCUT2D eigenvalue weighted by molar-refractivity contribution is 7.99. The van der Waals surface area contributed by atoms with Crippen molar-refractivity contribution in [3.05, 3.63) is 23.3 Å². The number of benzene rings is 1. The SMILES string of the molecule is C[C@H](N)CN1CCc2ccc3c(c21)CCS3. The van der Waals surface area contributed by atoms with Gasteiger partial charge < -0.3 is 10.6 Å². The third-order valence-electron chi connectivity index (χ3n) is 3.41. The third-order valence-corrected chi connectivity index (χ3v) is 4.51. The van der Waals surface area contributed by atoms with Crippen molar-refractivity contribution in [2.75, 3.05) is 23.7 Å². The van der Waals surface area contributed by atoms with Crippen LogP contribution in [0.15, 0.2) is 17.0 Å². The summed E-state index contributed by atoms with van der Waals surface area (Å²) in [6.45, 7) is 4.24. The molecule has 2 aliphatic heterocycles. The fourth-order valence-corrected chi connectivity index (χ4v) is 3.86. The van der Waals surface area contributed by atoms with E-state index in [1.54, 1.807) is 5.56 Å². The van der Waals surface area contributed by atoms with E-state index in [1.807, 2.05) is 11.8 Å². The Morgan fingerprint density at radius 2 is 2.31 bits per heavy atom. The summed E-state index contributed by atoms with van der Waals surface area (Å²) in [5, 5.41) is 0. The van der Waals surface area contributed by atoms with Gasteiger partial charge in [0.25, 0.3) is 0 Å². The fraction of sp³-hybridized carbons (Fsp3) is 0.538. The third kappa shape index (κ3) is 1.62. The number of hydrogen-bond acceptors (Lipinski definition) is 3. The van der Waals surface area contributed by atoms with Crippen LogP contribution in [0.2, 0.25) is 0 Å². The first-order chi connectivity index (χ1) is 7.75. The van der Waals surface area contributed by atoms with Crippen LogP contribution in [-0.4, -0.2) is 24.9 Å². The van der Waals surface area contributed by atoms with Crippen molar-refractivity contribution < 1.29 is 0 Å². The van der Waals surface area contributed by atoms with Crippen molar-refractivity contribution >= 4 is 17.4 Å². The maximum Gasteiger partial charge on any atom is 0.0444 e. The Bertz CT molecular complexity index is 415. The smallest absolute Gasteiger partial charge is 0.0444 e. The molecule has 2 heterocycles. The van der Waals surface area contributed by atoms with Gasteiger partial charge in [-0.05, 0) is 37.0 Å². The van der Waals surface area contributed by atoms with Crippen LogP contribution in [0.3, 0.4) is 0 Å². The van der Waals surface area contributed by atoms with Crippen LogP contribution in [0.4, 0.5) is 5.69 Å². The Morgan fingerprint density at radius 3 is 3.12 bits per heavy atom. The highest BCUT2D eigenvalue weighted by Crippen LogP contribution is 2.42. The number of nitrogens with zero attached hydrogens (tertiary/aromatic N) is 1. The van der Waals surface area contributed by atoms with Gasteiger partial charge in [-0.1, -0.05) is 6.07 Å². The van der Waals surface area contributed by atoms with Crippen LogP contribution < -0.4 is 10.6 Å². The molecule has 0 aromatic heterocycles. The first kappa shape index (κ1) is 10.5.